The Morgan fingerprint density at radius 3 is 2.72 bits per heavy atom. The van der Waals surface area contributed by atoms with E-state index in [1.807, 2.05) is 40.4 Å². The quantitative estimate of drug-likeness (QED) is 0.466. The Balaban J connectivity index is 1.51. The third-order valence-electron chi connectivity index (χ3n) is 6.86. The van der Waals surface area contributed by atoms with Crippen molar-refractivity contribution in [2.75, 3.05) is 20.1 Å². The van der Waals surface area contributed by atoms with Crippen molar-refractivity contribution in [2.45, 2.75) is 19.3 Å². The highest BCUT2D eigenvalue weighted by atomic mass is 32.1. The molecule has 0 aliphatic carbocycles. The predicted molar refractivity (Wildman–Crippen MR) is 128 cm³/mol. The number of rotatable bonds is 4. The van der Waals surface area contributed by atoms with Crippen molar-refractivity contribution >= 4 is 55.5 Å². The SMILES string of the molecule is CN1CCC(Cc2cn(C3=C(c4c[nH]c5sccc45)C(=O)NC3=O)c3ccccc23)CC1. The van der Waals surface area contributed by atoms with Crippen LogP contribution in [0.2, 0.25) is 0 Å². The molecule has 4 aromatic rings. The predicted octanol–water partition coefficient (Wildman–Crippen LogP) is 4.09. The molecule has 2 aliphatic heterocycles. The van der Waals surface area contributed by atoms with Crippen LogP contribution in [-0.4, -0.2) is 46.4 Å². The minimum atomic E-state index is -0.346. The number of imide groups is 1. The molecule has 0 saturated carbocycles. The number of fused-ring (bicyclic) bond motifs is 2. The Hall–Kier alpha value is -3.16. The van der Waals surface area contributed by atoms with Gasteiger partial charge >= 0.3 is 0 Å². The van der Waals surface area contributed by atoms with Crippen molar-refractivity contribution in [2.24, 2.45) is 5.92 Å². The van der Waals surface area contributed by atoms with Gasteiger partial charge in [0.15, 0.2) is 0 Å². The van der Waals surface area contributed by atoms with Crippen molar-refractivity contribution < 1.29 is 9.59 Å². The molecule has 0 unspecified atom stereocenters. The number of aromatic amines is 1. The standard InChI is InChI=1S/C25H24N4O2S/c1-28-9-6-15(7-10-28)12-16-14-29(20-5-3-2-4-17(16)20)22-21(23(30)27-24(22)31)19-13-26-25-18(19)8-11-32-25/h2-5,8,11,13-15,26H,6-7,9-10,12H2,1H3,(H,27,30,31). The average Bonchev–Trinajstić information content (AvgIpc) is 3.53. The molecule has 1 fully saturated rings. The summed E-state index contributed by atoms with van der Waals surface area (Å²) in [6.07, 6.45) is 7.26. The molecule has 6 rings (SSSR count). The number of thiophene rings is 1. The van der Waals surface area contributed by atoms with E-state index in [2.05, 4.69) is 34.5 Å². The van der Waals surface area contributed by atoms with Crippen molar-refractivity contribution in [3.8, 4) is 0 Å². The van der Waals surface area contributed by atoms with Crippen LogP contribution in [0.4, 0.5) is 0 Å². The van der Waals surface area contributed by atoms with E-state index < -0.39 is 0 Å². The van der Waals surface area contributed by atoms with Crippen LogP contribution >= 0.6 is 11.3 Å². The fourth-order valence-electron chi connectivity index (χ4n) is 5.16. The summed E-state index contributed by atoms with van der Waals surface area (Å²) in [5, 5.41) is 6.64. The highest BCUT2D eigenvalue weighted by Gasteiger charge is 2.35. The molecule has 2 amide bonds. The lowest BCUT2D eigenvalue weighted by molar-refractivity contribution is -0.122. The smallest absolute Gasteiger partial charge is 0.275 e. The zero-order valence-corrected chi connectivity index (χ0v) is 18.7. The first kappa shape index (κ1) is 19.5. The highest BCUT2D eigenvalue weighted by Crippen LogP contribution is 2.37. The van der Waals surface area contributed by atoms with Crippen LogP contribution < -0.4 is 5.32 Å². The Bertz CT molecular complexity index is 1400. The fourth-order valence-corrected chi connectivity index (χ4v) is 5.93. The van der Waals surface area contributed by atoms with Crippen LogP contribution in [0.25, 0.3) is 32.4 Å². The second kappa shape index (κ2) is 7.46. The molecule has 32 heavy (non-hydrogen) atoms. The van der Waals surface area contributed by atoms with Crippen LogP contribution in [0.3, 0.4) is 0 Å². The molecule has 3 aromatic heterocycles. The number of H-pyrrole nitrogens is 1. The van der Waals surface area contributed by atoms with Crippen molar-refractivity contribution in [3.63, 3.8) is 0 Å². The van der Waals surface area contributed by atoms with E-state index in [0.717, 1.165) is 46.2 Å². The fraction of sp³-hybridized carbons (Fsp3) is 0.280. The first-order valence-electron chi connectivity index (χ1n) is 11.0. The molecule has 1 saturated heterocycles. The summed E-state index contributed by atoms with van der Waals surface area (Å²) >= 11 is 1.59. The van der Waals surface area contributed by atoms with Gasteiger partial charge in [-0.1, -0.05) is 18.2 Å². The van der Waals surface area contributed by atoms with Gasteiger partial charge < -0.3 is 14.5 Å². The molecule has 6 nitrogen and oxygen atoms in total. The number of amides is 2. The summed E-state index contributed by atoms with van der Waals surface area (Å²) in [6.45, 7) is 2.25. The van der Waals surface area contributed by atoms with Crippen molar-refractivity contribution in [1.29, 1.82) is 0 Å². The molecule has 2 aliphatic rings. The zero-order valence-electron chi connectivity index (χ0n) is 17.9. The van der Waals surface area contributed by atoms with Crippen LogP contribution in [0.5, 0.6) is 0 Å². The number of nitrogens with one attached hydrogen (secondary N) is 2. The lowest BCUT2D eigenvalue weighted by atomic mass is 9.90. The first-order chi connectivity index (χ1) is 15.6. The monoisotopic (exact) mass is 444 g/mol. The van der Waals surface area contributed by atoms with Gasteiger partial charge in [0, 0.05) is 28.7 Å². The molecule has 7 heteroatoms. The molecule has 5 heterocycles. The Morgan fingerprint density at radius 2 is 1.88 bits per heavy atom. The normalized spacial score (nSPS) is 18.4. The number of nitrogens with zero attached hydrogens (tertiary/aromatic N) is 2. The number of carbonyl (C=O) groups is 2. The van der Waals surface area contributed by atoms with Gasteiger partial charge in [0.1, 0.15) is 10.5 Å². The van der Waals surface area contributed by atoms with Crippen LogP contribution in [-0.2, 0) is 16.0 Å². The summed E-state index contributed by atoms with van der Waals surface area (Å²) in [7, 11) is 2.18. The Morgan fingerprint density at radius 1 is 1.06 bits per heavy atom. The maximum Gasteiger partial charge on any atom is 0.275 e. The third kappa shape index (κ3) is 3.04. The maximum atomic E-state index is 13.0. The van der Waals surface area contributed by atoms with Crippen LogP contribution in [0.1, 0.15) is 24.0 Å². The number of benzene rings is 1. The van der Waals surface area contributed by atoms with E-state index in [4.69, 9.17) is 0 Å². The van der Waals surface area contributed by atoms with Gasteiger partial charge in [-0.15, -0.1) is 11.3 Å². The number of hydrogen-bond donors (Lipinski definition) is 2. The maximum absolute atomic E-state index is 13.0. The molecule has 2 N–H and O–H groups in total. The van der Waals surface area contributed by atoms with E-state index >= 15 is 0 Å². The van der Waals surface area contributed by atoms with Gasteiger partial charge in [-0.3, -0.25) is 14.9 Å². The summed E-state index contributed by atoms with van der Waals surface area (Å²) < 4.78 is 1.93. The average molecular weight is 445 g/mol. The van der Waals surface area contributed by atoms with Crippen LogP contribution in [0, 0.1) is 5.92 Å². The summed E-state index contributed by atoms with van der Waals surface area (Å²) in [6, 6.07) is 10.2. The second-order valence-electron chi connectivity index (χ2n) is 8.86. The van der Waals surface area contributed by atoms with Crippen LogP contribution in [0.15, 0.2) is 48.1 Å². The van der Waals surface area contributed by atoms with E-state index in [9.17, 15) is 9.59 Å². The first-order valence-corrected chi connectivity index (χ1v) is 11.9. The molecular weight excluding hydrogens is 420 g/mol. The highest BCUT2D eigenvalue weighted by molar-refractivity contribution is 7.16. The number of carbonyl (C=O) groups excluding carboxylic acids is 2. The summed E-state index contributed by atoms with van der Waals surface area (Å²) in [4.78, 5) is 32.5. The van der Waals surface area contributed by atoms with Gasteiger partial charge in [-0.05, 0) is 68.4 Å². The van der Waals surface area contributed by atoms with Gasteiger partial charge in [0.05, 0.1) is 11.1 Å². The number of hydrogen-bond acceptors (Lipinski definition) is 4. The van der Waals surface area contributed by atoms with E-state index in [1.165, 1.54) is 18.4 Å². The van der Waals surface area contributed by atoms with Gasteiger partial charge in [0.2, 0.25) is 0 Å². The lowest BCUT2D eigenvalue weighted by Gasteiger charge is -2.28. The largest absolute Gasteiger partial charge is 0.352 e. The number of likely N-dealkylation sites (tertiary alicyclic amines) is 1. The molecular formula is C25H24N4O2S. The minimum Gasteiger partial charge on any atom is -0.352 e. The van der Waals surface area contributed by atoms with E-state index in [0.29, 0.717) is 17.2 Å². The van der Waals surface area contributed by atoms with Gasteiger partial charge in [0.25, 0.3) is 11.8 Å². The summed E-state index contributed by atoms with van der Waals surface area (Å²) in [5.74, 6) is -0.0547. The van der Waals surface area contributed by atoms with Gasteiger partial charge in [-0.25, -0.2) is 0 Å². The Kier molecular flexibility index (Phi) is 4.55. The lowest BCUT2D eigenvalue weighted by Crippen LogP contribution is -2.30. The van der Waals surface area contributed by atoms with Crippen molar-refractivity contribution in [1.82, 2.24) is 19.8 Å². The third-order valence-corrected chi connectivity index (χ3v) is 7.71. The number of piperidine rings is 1. The molecule has 0 bridgehead atoms. The molecule has 1 aromatic carbocycles. The molecule has 0 atom stereocenters. The van der Waals surface area contributed by atoms with E-state index in [-0.39, 0.29) is 11.8 Å². The van der Waals surface area contributed by atoms with Crippen molar-refractivity contribution in [3.05, 3.63) is 59.2 Å². The minimum absolute atomic E-state index is 0.341. The second-order valence-corrected chi connectivity index (χ2v) is 9.78. The zero-order chi connectivity index (χ0) is 21.8. The summed E-state index contributed by atoms with van der Waals surface area (Å²) in [5.41, 5.74) is 3.82. The van der Waals surface area contributed by atoms with E-state index in [1.54, 1.807) is 11.3 Å². The molecule has 0 spiro atoms. The molecule has 0 radical (unpaired) electrons. The topological polar surface area (TPSA) is 70.1 Å². The molecule has 162 valence electrons. The number of para-hydroxylation sites is 1. The Labute approximate surface area is 189 Å². The number of aromatic nitrogens is 2. The van der Waals surface area contributed by atoms with Gasteiger partial charge in [-0.2, -0.15) is 0 Å².